The molecule has 3 heterocycles. The number of rotatable bonds is 7. The summed E-state index contributed by atoms with van der Waals surface area (Å²) in [5.74, 6) is -0.493. The van der Waals surface area contributed by atoms with Gasteiger partial charge >= 0.3 is 0 Å². The molecule has 28 heavy (non-hydrogen) atoms. The Balaban J connectivity index is 1.96. The summed E-state index contributed by atoms with van der Waals surface area (Å²) in [4.78, 5) is 22.2. The van der Waals surface area contributed by atoms with Crippen LogP contribution in [0.2, 0.25) is 0 Å². The number of carbonyl (C=O) groups excluding carboxylic acids is 1. The second-order valence-corrected chi connectivity index (χ2v) is 8.21. The molecule has 0 saturated carbocycles. The van der Waals surface area contributed by atoms with Gasteiger partial charge in [0.2, 0.25) is 0 Å². The third kappa shape index (κ3) is 4.28. The number of hydrogen-bond donors (Lipinski definition) is 3. The summed E-state index contributed by atoms with van der Waals surface area (Å²) < 4.78 is 15.6. The molecule has 0 saturated heterocycles. The predicted molar refractivity (Wildman–Crippen MR) is 106 cm³/mol. The molecule has 150 valence electrons. The Morgan fingerprint density at radius 1 is 1.39 bits per heavy atom. The number of hydrogen-bond acceptors (Lipinski definition) is 7. The summed E-state index contributed by atoms with van der Waals surface area (Å²) in [6, 6.07) is 0.0339. The average Bonchev–Trinajstić information content (AvgIpc) is 3.27. The van der Waals surface area contributed by atoms with Crippen molar-refractivity contribution in [1.82, 2.24) is 24.9 Å². The van der Waals surface area contributed by atoms with Crippen molar-refractivity contribution < 1.29 is 14.3 Å². The molecule has 0 aromatic carbocycles. The van der Waals surface area contributed by atoms with Crippen LogP contribution in [-0.4, -0.2) is 55.0 Å². The first-order valence-electron chi connectivity index (χ1n) is 8.85. The monoisotopic (exact) mass is 406 g/mol. The number of nitrogens with one attached hydrogen (secondary N) is 2. The number of anilines is 1. The zero-order chi connectivity index (χ0) is 20.5. The van der Waals surface area contributed by atoms with E-state index in [4.69, 9.17) is 0 Å². The lowest BCUT2D eigenvalue weighted by Gasteiger charge is -2.22. The number of thiazole rings is 1. The number of nitrogens with zero attached hydrogens (tertiary/aromatic N) is 4. The van der Waals surface area contributed by atoms with Crippen molar-refractivity contribution in [3.05, 3.63) is 29.7 Å². The third-order valence-electron chi connectivity index (χ3n) is 4.06. The third-order valence-corrected chi connectivity index (χ3v) is 4.86. The quantitative estimate of drug-likeness (QED) is 0.557. The minimum Gasteiger partial charge on any atom is -0.387 e. The normalized spacial score (nSPS) is 13.1. The Kier molecular flexibility index (Phi) is 5.61. The van der Waals surface area contributed by atoms with Gasteiger partial charge in [-0.3, -0.25) is 9.78 Å². The first-order chi connectivity index (χ1) is 13.2. The van der Waals surface area contributed by atoms with Gasteiger partial charge in [-0.25, -0.2) is 13.9 Å². The summed E-state index contributed by atoms with van der Waals surface area (Å²) in [5.41, 5.74) is 2.13. The molecule has 0 unspecified atom stereocenters. The smallest absolute Gasteiger partial charge is 0.255 e. The molecular weight excluding hydrogens is 383 g/mol. The van der Waals surface area contributed by atoms with Crippen LogP contribution in [0, 0.1) is 0 Å². The average molecular weight is 406 g/mol. The Hall–Kier alpha value is -2.59. The number of fused-ring (bicyclic) bond motifs is 1. The van der Waals surface area contributed by atoms with E-state index < -0.39 is 17.7 Å². The number of alkyl halides is 1. The molecule has 0 spiro atoms. The Bertz CT molecular complexity index is 965. The van der Waals surface area contributed by atoms with Crippen molar-refractivity contribution in [2.75, 3.05) is 11.9 Å². The number of halogens is 1. The van der Waals surface area contributed by atoms with Crippen LogP contribution < -0.4 is 10.6 Å². The Morgan fingerprint density at radius 2 is 2.14 bits per heavy atom. The van der Waals surface area contributed by atoms with E-state index in [-0.39, 0.29) is 18.2 Å². The fraction of sp³-hybridized carbons (Fsp3) is 0.444. The number of amides is 1. The standard InChI is InChI=1S/C18H23FN6O2S/c1-10(2)23-15-11(17(26)21-7-14(19)18(3,4)27)5-22-25-8-12(24-16(15)25)13-6-20-9-28-13/h5-6,8-10,14,23,27H,7H2,1-4H3,(H,21,26)/t14-/m1/s1. The molecule has 0 fully saturated rings. The van der Waals surface area contributed by atoms with Gasteiger partial charge in [0, 0.05) is 12.2 Å². The zero-order valence-electron chi connectivity index (χ0n) is 16.1. The summed E-state index contributed by atoms with van der Waals surface area (Å²) in [7, 11) is 0. The van der Waals surface area contributed by atoms with Crippen molar-refractivity contribution in [1.29, 1.82) is 0 Å². The van der Waals surface area contributed by atoms with Crippen molar-refractivity contribution in [2.24, 2.45) is 0 Å². The number of aliphatic hydroxyl groups is 1. The number of imidazole rings is 1. The maximum absolute atomic E-state index is 14.0. The first kappa shape index (κ1) is 20.2. The van der Waals surface area contributed by atoms with E-state index in [0.717, 1.165) is 4.88 Å². The zero-order valence-corrected chi connectivity index (χ0v) is 16.9. The van der Waals surface area contributed by atoms with Gasteiger partial charge in [-0.05, 0) is 27.7 Å². The number of aromatic nitrogens is 4. The molecule has 8 nitrogen and oxygen atoms in total. The molecule has 10 heteroatoms. The van der Waals surface area contributed by atoms with E-state index in [1.807, 2.05) is 13.8 Å². The lowest BCUT2D eigenvalue weighted by molar-refractivity contribution is -0.00177. The van der Waals surface area contributed by atoms with E-state index >= 15 is 0 Å². The molecule has 1 atom stereocenters. The highest BCUT2D eigenvalue weighted by Gasteiger charge is 2.27. The van der Waals surface area contributed by atoms with Crippen LogP contribution in [0.1, 0.15) is 38.1 Å². The van der Waals surface area contributed by atoms with E-state index in [2.05, 4.69) is 25.7 Å². The first-order valence-corrected chi connectivity index (χ1v) is 9.73. The molecule has 0 aliphatic carbocycles. The minimum absolute atomic E-state index is 0.0339. The highest BCUT2D eigenvalue weighted by atomic mass is 32.1. The topological polar surface area (TPSA) is 104 Å². The second kappa shape index (κ2) is 7.80. The van der Waals surface area contributed by atoms with Crippen molar-refractivity contribution in [3.8, 4) is 10.6 Å². The van der Waals surface area contributed by atoms with Gasteiger partial charge in [-0.1, -0.05) is 0 Å². The number of carbonyl (C=O) groups is 1. The highest BCUT2D eigenvalue weighted by molar-refractivity contribution is 7.13. The van der Waals surface area contributed by atoms with E-state index in [0.29, 0.717) is 17.0 Å². The van der Waals surface area contributed by atoms with Crippen molar-refractivity contribution in [2.45, 2.75) is 45.5 Å². The minimum atomic E-state index is -1.60. The molecule has 1 amide bonds. The van der Waals surface area contributed by atoms with Gasteiger partial charge in [0.25, 0.3) is 5.91 Å². The SMILES string of the molecule is CC(C)Nc1c(C(=O)NC[C@@H](F)C(C)(C)O)cnn2cc(-c3cncs3)nc12. The van der Waals surface area contributed by atoms with Crippen LogP contribution in [0.15, 0.2) is 24.1 Å². The fourth-order valence-corrected chi connectivity index (χ4v) is 3.10. The summed E-state index contributed by atoms with van der Waals surface area (Å²) in [6.07, 6.45) is 3.30. The van der Waals surface area contributed by atoms with Crippen LogP contribution in [0.5, 0.6) is 0 Å². The Morgan fingerprint density at radius 3 is 2.75 bits per heavy atom. The lowest BCUT2D eigenvalue weighted by atomic mass is 10.0. The molecule has 3 rings (SSSR count). The molecule has 3 aromatic rings. The Labute approximate surface area is 165 Å². The van der Waals surface area contributed by atoms with Crippen LogP contribution in [0.25, 0.3) is 16.2 Å². The maximum Gasteiger partial charge on any atom is 0.255 e. The van der Waals surface area contributed by atoms with Crippen molar-refractivity contribution >= 4 is 28.6 Å². The molecule has 3 N–H and O–H groups in total. The second-order valence-electron chi connectivity index (χ2n) is 7.32. The molecule has 0 bridgehead atoms. The predicted octanol–water partition coefficient (Wildman–Crippen LogP) is 2.51. The van der Waals surface area contributed by atoms with Crippen LogP contribution in [0.3, 0.4) is 0 Å². The van der Waals surface area contributed by atoms with Crippen LogP contribution >= 0.6 is 11.3 Å². The van der Waals surface area contributed by atoms with Gasteiger partial charge in [0.1, 0.15) is 11.9 Å². The molecule has 0 radical (unpaired) electrons. The molecular formula is C18H23FN6O2S. The van der Waals surface area contributed by atoms with Gasteiger partial charge in [-0.2, -0.15) is 5.10 Å². The largest absolute Gasteiger partial charge is 0.387 e. The van der Waals surface area contributed by atoms with E-state index in [1.54, 1.807) is 22.4 Å². The van der Waals surface area contributed by atoms with E-state index in [1.165, 1.54) is 31.4 Å². The molecule has 3 aromatic heterocycles. The van der Waals surface area contributed by atoms with Gasteiger partial charge < -0.3 is 15.7 Å². The van der Waals surface area contributed by atoms with E-state index in [9.17, 15) is 14.3 Å². The lowest BCUT2D eigenvalue weighted by Crippen LogP contribution is -2.42. The highest BCUT2D eigenvalue weighted by Crippen LogP contribution is 2.27. The van der Waals surface area contributed by atoms with Crippen LogP contribution in [-0.2, 0) is 0 Å². The summed E-state index contributed by atoms with van der Waals surface area (Å²) in [6.45, 7) is 6.29. The fourth-order valence-electron chi connectivity index (χ4n) is 2.53. The molecule has 0 aliphatic heterocycles. The van der Waals surface area contributed by atoms with Gasteiger partial charge in [0.15, 0.2) is 5.65 Å². The van der Waals surface area contributed by atoms with Crippen molar-refractivity contribution in [3.63, 3.8) is 0 Å². The maximum atomic E-state index is 14.0. The molecule has 0 aliphatic rings. The van der Waals surface area contributed by atoms with Gasteiger partial charge in [-0.15, -0.1) is 11.3 Å². The van der Waals surface area contributed by atoms with Crippen LogP contribution in [0.4, 0.5) is 10.1 Å². The summed E-state index contributed by atoms with van der Waals surface area (Å²) in [5, 5.41) is 19.7. The summed E-state index contributed by atoms with van der Waals surface area (Å²) >= 11 is 1.46. The van der Waals surface area contributed by atoms with Gasteiger partial charge in [0.05, 0.1) is 46.2 Å².